The Hall–Kier alpha value is -1.63. The van der Waals surface area contributed by atoms with E-state index in [9.17, 15) is 4.79 Å². The van der Waals surface area contributed by atoms with Crippen molar-refractivity contribution < 1.29 is 4.79 Å². The number of hydrogen-bond donors (Lipinski definition) is 3. The van der Waals surface area contributed by atoms with E-state index in [1.807, 2.05) is 13.8 Å². The maximum absolute atomic E-state index is 11.5. The molecule has 0 spiro atoms. The topological polar surface area (TPSA) is 91.8 Å². The van der Waals surface area contributed by atoms with Gasteiger partial charge in [-0.1, -0.05) is 6.92 Å². The highest BCUT2D eigenvalue weighted by atomic mass is 35.5. The zero-order valence-corrected chi connectivity index (χ0v) is 12.1. The van der Waals surface area contributed by atoms with Gasteiger partial charge in [0.05, 0.1) is 0 Å². The molecule has 0 aliphatic carbocycles. The molecule has 3 N–H and O–H groups in total. The lowest BCUT2D eigenvalue weighted by molar-refractivity contribution is -0.121. The van der Waals surface area contributed by atoms with E-state index in [-0.39, 0.29) is 17.2 Å². The minimum atomic E-state index is -0.00385. The van der Waals surface area contributed by atoms with Crippen LogP contribution in [0.1, 0.15) is 26.7 Å². The van der Waals surface area contributed by atoms with Gasteiger partial charge in [-0.15, -0.1) is 0 Å². The van der Waals surface area contributed by atoms with Crippen LogP contribution in [0.3, 0.4) is 0 Å². The Morgan fingerprint density at radius 2 is 2.00 bits per heavy atom. The van der Waals surface area contributed by atoms with Crippen molar-refractivity contribution >= 4 is 29.4 Å². The van der Waals surface area contributed by atoms with Crippen molar-refractivity contribution in [3.8, 4) is 0 Å². The van der Waals surface area contributed by atoms with Gasteiger partial charge in [0, 0.05) is 26.1 Å². The molecule has 8 heteroatoms. The van der Waals surface area contributed by atoms with Crippen LogP contribution in [-0.2, 0) is 4.79 Å². The standard InChI is InChI=1S/C11H19ClN6O/c1-4-7(2)15-8(19)5-6-14-11-17-9(12)16-10(13-3)18-11/h7H,4-6H2,1-3H3,(H,15,19)(H2,13,14,16,17,18). The fourth-order valence-corrected chi connectivity index (χ4v) is 1.44. The van der Waals surface area contributed by atoms with Gasteiger partial charge in [0.2, 0.25) is 23.1 Å². The molecule has 1 atom stereocenters. The van der Waals surface area contributed by atoms with Crippen LogP contribution in [0.25, 0.3) is 0 Å². The molecule has 0 aliphatic rings. The molecule has 1 heterocycles. The molecule has 0 radical (unpaired) electrons. The van der Waals surface area contributed by atoms with Gasteiger partial charge in [-0.05, 0) is 24.9 Å². The summed E-state index contributed by atoms with van der Waals surface area (Å²) in [5.74, 6) is 0.725. The van der Waals surface area contributed by atoms with Gasteiger partial charge in [-0.2, -0.15) is 15.0 Å². The van der Waals surface area contributed by atoms with Gasteiger partial charge in [0.25, 0.3) is 0 Å². The van der Waals surface area contributed by atoms with Crippen molar-refractivity contribution in [3.05, 3.63) is 5.28 Å². The van der Waals surface area contributed by atoms with Crippen LogP contribution in [0, 0.1) is 0 Å². The number of carbonyl (C=O) groups is 1. The zero-order valence-electron chi connectivity index (χ0n) is 11.3. The van der Waals surface area contributed by atoms with Crippen LogP contribution in [0.2, 0.25) is 5.28 Å². The average molecular weight is 287 g/mol. The third-order valence-electron chi connectivity index (χ3n) is 2.49. The molecule has 0 fully saturated rings. The van der Waals surface area contributed by atoms with Gasteiger partial charge in [-0.25, -0.2) is 0 Å². The first-order valence-corrected chi connectivity index (χ1v) is 6.55. The van der Waals surface area contributed by atoms with Crippen LogP contribution >= 0.6 is 11.6 Å². The molecule has 0 aromatic carbocycles. The Labute approximate surface area is 117 Å². The Balaban J connectivity index is 2.40. The van der Waals surface area contributed by atoms with Gasteiger partial charge >= 0.3 is 0 Å². The second kappa shape index (κ2) is 7.73. The highest BCUT2D eigenvalue weighted by molar-refractivity contribution is 6.28. The molecule has 1 unspecified atom stereocenters. The lowest BCUT2D eigenvalue weighted by atomic mass is 10.2. The number of amides is 1. The smallest absolute Gasteiger partial charge is 0.228 e. The summed E-state index contributed by atoms with van der Waals surface area (Å²) in [6.45, 7) is 4.43. The molecule has 106 valence electrons. The van der Waals surface area contributed by atoms with Crippen molar-refractivity contribution in [1.82, 2.24) is 20.3 Å². The summed E-state index contributed by atoms with van der Waals surface area (Å²) in [6, 6.07) is 0.190. The third-order valence-corrected chi connectivity index (χ3v) is 2.66. The van der Waals surface area contributed by atoms with Crippen molar-refractivity contribution in [2.75, 3.05) is 24.2 Å². The summed E-state index contributed by atoms with van der Waals surface area (Å²) < 4.78 is 0. The molecule has 0 saturated carbocycles. The van der Waals surface area contributed by atoms with E-state index < -0.39 is 0 Å². The summed E-state index contributed by atoms with van der Waals surface area (Å²) in [4.78, 5) is 23.4. The van der Waals surface area contributed by atoms with E-state index >= 15 is 0 Å². The van der Waals surface area contributed by atoms with E-state index in [1.165, 1.54) is 0 Å². The summed E-state index contributed by atoms with van der Waals surface area (Å²) in [5.41, 5.74) is 0. The lowest BCUT2D eigenvalue weighted by Gasteiger charge is -2.11. The quantitative estimate of drug-likeness (QED) is 0.699. The lowest BCUT2D eigenvalue weighted by Crippen LogP contribution is -2.33. The predicted molar refractivity (Wildman–Crippen MR) is 75.4 cm³/mol. The van der Waals surface area contributed by atoms with Crippen molar-refractivity contribution in [2.24, 2.45) is 0 Å². The second-order valence-corrected chi connectivity index (χ2v) is 4.39. The van der Waals surface area contributed by atoms with Gasteiger partial charge in [0.1, 0.15) is 0 Å². The molecule has 1 amide bonds. The first-order chi connectivity index (χ1) is 9.05. The summed E-state index contributed by atoms with van der Waals surface area (Å²) in [6.07, 6.45) is 1.26. The SMILES string of the molecule is CCC(C)NC(=O)CCNc1nc(Cl)nc(NC)n1. The van der Waals surface area contributed by atoms with E-state index in [2.05, 4.69) is 30.9 Å². The fourth-order valence-electron chi connectivity index (χ4n) is 1.28. The van der Waals surface area contributed by atoms with Gasteiger partial charge in [0.15, 0.2) is 0 Å². The normalized spacial score (nSPS) is 11.8. The van der Waals surface area contributed by atoms with Crippen LogP contribution in [0.4, 0.5) is 11.9 Å². The molecule has 1 aromatic heterocycles. The number of hydrogen-bond acceptors (Lipinski definition) is 6. The van der Waals surface area contributed by atoms with Crippen molar-refractivity contribution in [2.45, 2.75) is 32.7 Å². The average Bonchev–Trinajstić information content (AvgIpc) is 2.37. The summed E-state index contributed by atoms with van der Waals surface area (Å²) >= 11 is 5.74. The number of nitrogens with one attached hydrogen (secondary N) is 3. The second-order valence-electron chi connectivity index (χ2n) is 4.06. The van der Waals surface area contributed by atoms with Gasteiger partial charge in [-0.3, -0.25) is 4.79 Å². The van der Waals surface area contributed by atoms with Crippen molar-refractivity contribution in [3.63, 3.8) is 0 Å². The highest BCUT2D eigenvalue weighted by Gasteiger charge is 2.07. The van der Waals surface area contributed by atoms with Gasteiger partial charge < -0.3 is 16.0 Å². The molecule has 0 aliphatic heterocycles. The summed E-state index contributed by atoms with van der Waals surface area (Å²) in [5, 5.41) is 8.69. The zero-order chi connectivity index (χ0) is 14.3. The van der Waals surface area contributed by atoms with Crippen LogP contribution in [0.5, 0.6) is 0 Å². The summed E-state index contributed by atoms with van der Waals surface area (Å²) in [7, 11) is 1.69. The fraction of sp³-hybridized carbons (Fsp3) is 0.636. The van der Waals surface area contributed by atoms with E-state index in [0.29, 0.717) is 24.9 Å². The van der Waals surface area contributed by atoms with Crippen LogP contribution in [0.15, 0.2) is 0 Å². The Kier molecular flexibility index (Phi) is 6.27. The number of rotatable bonds is 7. The molecular formula is C11H19ClN6O. The van der Waals surface area contributed by atoms with E-state index in [1.54, 1.807) is 7.05 Å². The van der Waals surface area contributed by atoms with Crippen molar-refractivity contribution in [1.29, 1.82) is 0 Å². The number of halogens is 1. The predicted octanol–water partition coefficient (Wildman–Crippen LogP) is 1.28. The number of aromatic nitrogens is 3. The molecule has 0 bridgehead atoms. The molecule has 1 aromatic rings. The Bertz CT molecular complexity index is 428. The first kappa shape index (κ1) is 15.4. The maximum Gasteiger partial charge on any atom is 0.228 e. The Morgan fingerprint density at radius 1 is 1.32 bits per heavy atom. The van der Waals surface area contributed by atoms with Crippen LogP contribution in [-0.4, -0.2) is 40.5 Å². The van der Waals surface area contributed by atoms with E-state index in [0.717, 1.165) is 6.42 Å². The molecule has 0 saturated heterocycles. The number of anilines is 2. The minimum absolute atomic E-state index is 0.00385. The van der Waals surface area contributed by atoms with E-state index in [4.69, 9.17) is 11.6 Å². The molecular weight excluding hydrogens is 268 g/mol. The molecule has 19 heavy (non-hydrogen) atoms. The third kappa shape index (κ3) is 5.69. The first-order valence-electron chi connectivity index (χ1n) is 6.17. The van der Waals surface area contributed by atoms with Crippen LogP contribution < -0.4 is 16.0 Å². The number of carbonyl (C=O) groups excluding carboxylic acids is 1. The highest BCUT2D eigenvalue weighted by Crippen LogP contribution is 2.08. The monoisotopic (exact) mass is 286 g/mol. The minimum Gasteiger partial charge on any atom is -0.357 e. The maximum atomic E-state index is 11.5. The number of nitrogens with zero attached hydrogens (tertiary/aromatic N) is 3. The Morgan fingerprint density at radius 3 is 2.63 bits per heavy atom. The largest absolute Gasteiger partial charge is 0.357 e. The molecule has 1 rings (SSSR count). The molecule has 7 nitrogen and oxygen atoms in total.